The van der Waals surface area contributed by atoms with Gasteiger partial charge in [0, 0.05) is 60.3 Å². The van der Waals surface area contributed by atoms with E-state index >= 15 is 0 Å². The highest BCUT2D eigenvalue weighted by Crippen LogP contribution is 2.49. The van der Waals surface area contributed by atoms with Crippen LogP contribution in [0.25, 0.3) is 21.8 Å². The first-order chi connectivity index (χ1) is 23.2. The Labute approximate surface area is 285 Å². The van der Waals surface area contributed by atoms with Crippen molar-refractivity contribution in [2.24, 2.45) is 5.92 Å². The van der Waals surface area contributed by atoms with Crippen molar-refractivity contribution >= 4 is 21.8 Å². The van der Waals surface area contributed by atoms with Crippen LogP contribution < -0.4 is 0 Å². The van der Waals surface area contributed by atoms with Crippen LogP contribution in [0.4, 0.5) is 0 Å². The minimum atomic E-state index is -0.787. The number of nitrogens with zero attached hydrogens (tertiary/aromatic N) is 2. The van der Waals surface area contributed by atoms with Gasteiger partial charge in [-0.05, 0) is 95.9 Å². The molecule has 2 aromatic heterocycles. The number of likely N-dealkylation sites (tertiary alicyclic amines) is 1. The summed E-state index contributed by atoms with van der Waals surface area (Å²) in [6.07, 6.45) is 7.07. The van der Waals surface area contributed by atoms with Crippen LogP contribution in [0, 0.1) is 5.92 Å². The van der Waals surface area contributed by atoms with Gasteiger partial charge < -0.3 is 39.5 Å². The number of fused-ring (bicyclic) bond motifs is 6. The maximum absolute atomic E-state index is 12.4. The average molecular weight is 657 g/mol. The number of benzene rings is 2. The van der Waals surface area contributed by atoms with E-state index in [1.54, 1.807) is 0 Å². The molecule has 4 N–H and O–H groups in total. The molecular formula is C40H56N4O4. The summed E-state index contributed by atoms with van der Waals surface area (Å²) in [7, 11) is 4.22. The number of hydrogen-bond acceptors (Lipinski definition) is 6. The summed E-state index contributed by atoms with van der Waals surface area (Å²) in [5.41, 5.74) is 5.81. The molecule has 0 amide bonds. The van der Waals surface area contributed by atoms with Gasteiger partial charge in [0.1, 0.15) is 11.2 Å². The molecule has 5 heterocycles. The standard InChI is InChI=1S/C40H56N4O4/c1-5-18-40(38-32(23-27(48-40)25-43(3)4)30-13-7-9-15-35(30)42-38)19-16-36(46)33(17-22-45)39(2)37-31(29-12-6-8-14-34(29)41-37)24-28(47-39)26-44-20-10-11-21-44/h6-9,12-15,27-28,33,36,41-42,45-46H,5,10-11,16-26H2,1-4H3. The molecule has 3 aliphatic heterocycles. The molecule has 0 radical (unpaired) electrons. The van der Waals surface area contributed by atoms with Crippen molar-refractivity contribution in [1.29, 1.82) is 0 Å². The monoisotopic (exact) mass is 656 g/mol. The quantitative estimate of drug-likeness (QED) is 0.136. The Morgan fingerprint density at radius 3 is 2.15 bits per heavy atom. The minimum Gasteiger partial charge on any atom is -0.396 e. The van der Waals surface area contributed by atoms with Crippen LogP contribution in [0.15, 0.2) is 48.5 Å². The Bertz CT molecular complexity index is 1690. The summed E-state index contributed by atoms with van der Waals surface area (Å²) >= 11 is 0. The van der Waals surface area contributed by atoms with Crippen LogP contribution in [-0.2, 0) is 33.5 Å². The third-order valence-electron chi connectivity index (χ3n) is 11.6. The van der Waals surface area contributed by atoms with Crippen LogP contribution >= 0.6 is 0 Å². The van der Waals surface area contributed by atoms with Gasteiger partial charge in [0.2, 0.25) is 0 Å². The molecule has 1 fully saturated rings. The summed E-state index contributed by atoms with van der Waals surface area (Å²) in [5, 5.41) is 25.3. The molecule has 260 valence electrons. The van der Waals surface area contributed by atoms with Crippen molar-refractivity contribution in [1.82, 2.24) is 19.8 Å². The molecular weight excluding hydrogens is 600 g/mol. The topological polar surface area (TPSA) is 97.0 Å². The molecule has 8 nitrogen and oxygen atoms in total. The summed E-state index contributed by atoms with van der Waals surface area (Å²) in [4.78, 5) is 12.3. The number of aliphatic hydroxyl groups excluding tert-OH is 2. The Kier molecular flexibility index (Phi) is 9.77. The van der Waals surface area contributed by atoms with Crippen molar-refractivity contribution in [2.45, 2.75) is 101 Å². The summed E-state index contributed by atoms with van der Waals surface area (Å²) < 4.78 is 14.3. The van der Waals surface area contributed by atoms with Gasteiger partial charge in [0.05, 0.1) is 29.7 Å². The van der Waals surface area contributed by atoms with E-state index in [2.05, 4.69) is 96.2 Å². The smallest absolute Gasteiger partial charge is 0.111 e. The summed E-state index contributed by atoms with van der Waals surface area (Å²) in [6, 6.07) is 17.1. The Morgan fingerprint density at radius 1 is 0.875 bits per heavy atom. The molecule has 0 saturated carbocycles. The van der Waals surface area contributed by atoms with Crippen LogP contribution in [0.5, 0.6) is 0 Å². The predicted molar refractivity (Wildman–Crippen MR) is 192 cm³/mol. The second-order valence-corrected chi connectivity index (χ2v) is 15.3. The highest BCUT2D eigenvalue weighted by molar-refractivity contribution is 5.86. The molecule has 1 saturated heterocycles. The third kappa shape index (κ3) is 6.25. The number of aliphatic hydroxyl groups is 2. The molecule has 0 bridgehead atoms. The number of nitrogens with one attached hydrogen (secondary N) is 2. The van der Waals surface area contributed by atoms with Gasteiger partial charge in [-0.25, -0.2) is 0 Å². The minimum absolute atomic E-state index is 0.0132. The highest BCUT2D eigenvalue weighted by atomic mass is 16.5. The number of para-hydroxylation sites is 2. The fourth-order valence-corrected chi connectivity index (χ4v) is 9.55. The number of aromatic amines is 2. The maximum Gasteiger partial charge on any atom is 0.111 e. The van der Waals surface area contributed by atoms with E-state index in [0.717, 1.165) is 68.6 Å². The number of hydrogen-bond donors (Lipinski definition) is 4. The van der Waals surface area contributed by atoms with Crippen LogP contribution in [0.3, 0.4) is 0 Å². The molecule has 4 aromatic rings. The van der Waals surface area contributed by atoms with Crippen LogP contribution in [-0.4, -0.2) is 95.2 Å². The molecule has 2 aromatic carbocycles. The van der Waals surface area contributed by atoms with E-state index in [-0.39, 0.29) is 24.7 Å². The van der Waals surface area contributed by atoms with Crippen molar-refractivity contribution in [3.05, 3.63) is 71.0 Å². The van der Waals surface area contributed by atoms with Crippen LogP contribution in [0.1, 0.15) is 81.3 Å². The Morgan fingerprint density at radius 2 is 1.50 bits per heavy atom. The lowest BCUT2D eigenvalue weighted by Crippen LogP contribution is -2.51. The number of H-pyrrole nitrogens is 2. The first-order valence-electron chi connectivity index (χ1n) is 18.5. The normalized spacial score (nSPS) is 27.5. The summed E-state index contributed by atoms with van der Waals surface area (Å²) in [6.45, 7) is 8.33. The van der Waals surface area contributed by atoms with Crippen molar-refractivity contribution in [3.63, 3.8) is 0 Å². The Hall–Kier alpha value is -2.72. The van der Waals surface area contributed by atoms with Gasteiger partial charge in [-0.2, -0.15) is 0 Å². The molecule has 0 spiro atoms. The van der Waals surface area contributed by atoms with Crippen molar-refractivity contribution < 1.29 is 19.7 Å². The average Bonchev–Trinajstić information content (AvgIpc) is 3.81. The number of ether oxygens (including phenoxy) is 2. The number of aromatic nitrogens is 2. The zero-order valence-electron chi connectivity index (χ0n) is 29.4. The van der Waals surface area contributed by atoms with Crippen molar-refractivity contribution in [3.8, 4) is 0 Å². The molecule has 6 unspecified atom stereocenters. The molecule has 0 aliphatic carbocycles. The van der Waals surface area contributed by atoms with Gasteiger partial charge in [-0.1, -0.05) is 49.7 Å². The molecule has 7 rings (SSSR count). The van der Waals surface area contributed by atoms with E-state index in [9.17, 15) is 10.2 Å². The molecule has 8 heteroatoms. The molecule has 6 atom stereocenters. The lowest BCUT2D eigenvalue weighted by molar-refractivity contribution is -0.174. The van der Waals surface area contributed by atoms with Gasteiger partial charge in [0.25, 0.3) is 0 Å². The molecule has 3 aliphatic rings. The highest BCUT2D eigenvalue weighted by Gasteiger charge is 2.50. The van der Waals surface area contributed by atoms with Gasteiger partial charge in [-0.15, -0.1) is 0 Å². The predicted octanol–water partition coefficient (Wildman–Crippen LogP) is 6.24. The van der Waals surface area contributed by atoms with Gasteiger partial charge >= 0.3 is 0 Å². The lowest BCUT2D eigenvalue weighted by Gasteiger charge is -2.47. The first kappa shape index (κ1) is 33.8. The van der Waals surface area contributed by atoms with Crippen molar-refractivity contribution in [2.75, 3.05) is 46.9 Å². The fourth-order valence-electron chi connectivity index (χ4n) is 9.55. The fraction of sp³-hybridized carbons (Fsp3) is 0.600. The zero-order valence-corrected chi connectivity index (χ0v) is 29.4. The van der Waals surface area contributed by atoms with E-state index in [1.165, 1.54) is 40.4 Å². The first-order valence-corrected chi connectivity index (χ1v) is 18.5. The largest absolute Gasteiger partial charge is 0.396 e. The molecule has 48 heavy (non-hydrogen) atoms. The zero-order chi connectivity index (χ0) is 33.5. The Balaban J connectivity index is 1.22. The number of likely N-dealkylation sites (N-methyl/N-ethyl adjacent to an activating group) is 1. The van der Waals surface area contributed by atoms with Gasteiger partial charge in [-0.3, -0.25) is 0 Å². The lowest BCUT2D eigenvalue weighted by atomic mass is 9.73. The second kappa shape index (κ2) is 13.9. The third-order valence-corrected chi connectivity index (χ3v) is 11.6. The van der Waals surface area contributed by atoms with Crippen LogP contribution in [0.2, 0.25) is 0 Å². The number of rotatable bonds is 13. The maximum atomic E-state index is 12.4. The second-order valence-electron chi connectivity index (χ2n) is 15.3. The SMILES string of the molecule is CCCC1(CCC(O)C(CCO)C2(C)OC(CN3CCCC3)Cc3c2[nH]c2ccccc32)OC(CN(C)C)Cc2c1[nH]c1ccccc21. The van der Waals surface area contributed by atoms with E-state index in [1.807, 2.05) is 0 Å². The van der Waals surface area contributed by atoms with E-state index < -0.39 is 17.3 Å². The van der Waals surface area contributed by atoms with Gasteiger partial charge in [0.15, 0.2) is 0 Å². The summed E-state index contributed by atoms with van der Waals surface area (Å²) in [5.74, 6) is -0.308. The van der Waals surface area contributed by atoms with E-state index in [0.29, 0.717) is 19.3 Å². The van der Waals surface area contributed by atoms with E-state index in [4.69, 9.17) is 9.47 Å².